The molecule has 0 unspecified atom stereocenters. The third kappa shape index (κ3) is 2.89. The highest BCUT2D eigenvalue weighted by molar-refractivity contribution is 6.26. The maximum atomic E-state index is 14.1. The van der Waals surface area contributed by atoms with E-state index in [1.165, 1.54) is 22.3 Å². The number of furan rings is 2. The summed E-state index contributed by atoms with van der Waals surface area (Å²) in [5.74, 6) is -2.48. The van der Waals surface area contributed by atoms with Gasteiger partial charge in [0.2, 0.25) is 11.8 Å². The van der Waals surface area contributed by atoms with Gasteiger partial charge in [0.05, 0.1) is 47.8 Å². The van der Waals surface area contributed by atoms with Gasteiger partial charge in [0.1, 0.15) is 23.6 Å². The van der Waals surface area contributed by atoms with Crippen molar-refractivity contribution in [2.24, 2.45) is 11.8 Å². The van der Waals surface area contributed by atoms with E-state index in [0.29, 0.717) is 22.9 Å². The normalized spacial score (nSPS) is 29.9. The summed E-state index contributed by atoms with van der Waals surface area (Å²) in [5, 5.41) is 3.49. The van der Waals surface area contributed by atoms with Crippen LogP contribution < -0.4 is 9.80 Å². The molecule has 10 heteroatoms. The summed E-state index contributed by atoms with van der Waals surface area (Å²) in [6, 6.07) is 20.9. The third-order valence-electron chi connectivity index (χ3n) is 8.42. The van der Waals surface area contributed by atoms with Gasteiger partial charge in [0, 0.05) is 0 Å². The van der Waals surface area contributed by atoms with Crippen molar-refractivity contribution < 1.29 is 28.0 Å². The van der Waals surface area contributed by atoms with Gasteiger partial charge in [-0.25, -0.2) is 19.8 Å². The first-order valence-corrected chi connectivity index (χ1v) is 13.1. The lowest BCUT2D eigenvalue weighted by molar-refractivity contribution is -0.136. The number of amides is 4. The second kappa shape index (κ2) is 8.35. The Morgan fingerprint density at radius 3 is 1.20 bits per heavy atom. The smallest absolute Gasteiger partial charge is 0.253 e. The van der Waals surface area contributed by atoms with Gasteiger partial charge in [-0.15, -0.1) is 0 Å². The van der Waals surface area contributed by atoms with E-state index in [-0.39, 0.29) is 11.8 Å². The number of imide groups is 2. The lowest BCUT2D eigenvalue weighted by Crippen LogP contribution is -2.50. The number of rotatable bonds is 4. The first-order chi connectivity index (χ1) is 19.6. The van der Waals surface area contributed by atoms with Crippen molar-refractivity contribution in [3.05, 3.63) is 109 Å². The van der Waals surface area contributed by atoms with Crippen LogP contribution in [0.1, 0.15) is 23.6 Å². The number of fused-ring (bicyclic) bond motifs is 5. The van der Waals surface area contributed by atoms with Crippen LogP contribution in [0.3, 0.4) is 0 Å². The van der Waals surface area contributed by atoms with Crippen LogP contribution in [0.15, 0.2) is 106 Å². The number of anilines is 2. The van der Waals surface area contributed by atoms with E-state index < -0.39 is 47.8 Å². The van der Waals surface area contributed by atoms with Crippen LogP contribution in [0.4, 0.5) is 11.4 Å². The summed E-state index contributed by atoms with van der Waals surface area (Å²) in [4.78, 5) is 58.8. The van der Waals surface area contributed by atoms with E-state index in [2.05, 4.69) is 0 Å². The molecule has 0 saturated carbocycles. The molecule has 10 nitrogen and oxygen atoms in total. The highest BCUT2D eigenvalue weighted by atomic mass is 16.3. The fraction of sp³-hybridized carbons (Fsp3) is 0.200. The van der Waals surface area contributed by atoms with Crippen molar-refractivity contribution in [1.29, 1.82) is 0 Å². The van der Waals surface area contributed by atoms with Crippen LogP contribution in [0.5, 0.6) is 0 Å². The fourth-order valence-electron chi connectivity index (χ4n) is 6.97. The molecule has 0 N–H and O–H groups in total. The van der Waals surface area contributed by atoms with E-state index in [1.54, 1.807) is 82.8 Å². The molecular weight excluding hydrogens is 512 g/mol. The van der Waals surface area contributed by atoms with Crippen LogP contribution in [0, 0.1) is 11.8 Å². The molecule has 0 radical (unpaired) electrons. The topological polar surface area (TPSA) is 108 Å². The fourth-order valence-corrected chi connectivity index (χ4v) is 6.97. The predicted octanol–water partition coefficient (Wildman–Crippen LogP) is 3.32. The summed E-state index contributed by atoms with van der Waals surface area (Å²) in [6.07, 6.45) is 3.00. The van der Waals surface area contributed by atoms with Crippen LogP contribution in [0.25, 0.3) is 0 Å². The average molecular weight is 535 g/mol. The molecule has 0 aliphatic carbocycles. The van der Waals surface area contributed by atoms with Gasteiger partial charge in [-0.2, -0.15) is 0 Å². The van der Waals surface area contributed by atoms with Gasteiger partial charge in [0.15, 0.2) is 0 Å². The molecule has 40 heavy (non-hydrogen) atoms. The average Bonchev–Trinajstić information content (AvgIpc) is 3.80. The number of hydrazine groups is 1. The van der Waals surface area contributed by atoms with Crippen LogP contribution in [0.2, 0.25) is 0 Å². The number of carbonyl (C=O) groups is 4. The molecule has 2 aromatic heterocycles. The maximum Gasteiger partial charge on any atom is 0.253 e. The van der Waals surface area contributed by atoms with Crippen LogP contribution in [-0.4, -0.2) is 45.7 Å². The molecule has 8 rings (SSSR count). The zero-order valence-corrected chi connectivity index (χ0v) is 20.9. The van der Waals surface area contributed by atoms with Crippen LogP contribution in [-0.2, 0) is 19.2 Å². The minimum atomic E-state index is -0.964. The molecule has 4 aliphatic heterocycles. The molecule has 4 fully saturated rings. The number of nitrogens with zero attached hydrogens (tertiary/aromatic N) is 4. The first-order valence-electron chi connectivity index (χ1n) is 13.1. The number of para-hydroxylation sites is 2. The molecule has 6 heterocycles. The summed E-state index contributed by atoms with van der Waals surface area (Å²) in [7, 11) is 0. The van der Waals surface area contributed by atoms with E-state index in [0.717, 1.165) is 0 Å². The van der Waals surface area contributed by atoms with Crippen molar-refractivity contribution >= 4 is 35.0 Å². The van der Waals surface area contributed by atoms with E-state index in [4.69, 9.17) is 8.83 Å². The molecule has 4 aromatic rings. The molecule has 198 valence electrons. The summed E-state index contributed by atoms with van der Waals surface area (Å²) < 4.78 is 11.6. The van der Waals surface area contributed by atoms with E-state index >= 15 is 0 Å². The Balaban J connectivity index is 1.32. The standard InChI is InChI=1S/C30H22N4O6/c35-27-21-23(19-13-7-15-39-19)34-26-22(28(36)32(30(26)38)18-11-5-2-6-12-18)24(20-14-8-16-40-20)33(34)25(21)29(37)31(27)17-9-3-1-4-10-17/h1-16,21-26H/t21-,22-,23-,24+,25+,26-/m0/s1. The largest absolute Gasteiger partial charge is 0.468 e. The predicted molar refractivity (Wildman–Crippen MR) is 139 cm³/mol. The third-order valence-corrected chi connectivity index (χ3v) is 8.42. The monoisotopic (exact) mass is 534 g/mol. The number of carbonyl (C=O) groups excluding carboxylic acids is 4. The first kappa shape index (κ1) is 23.1. The van der Waals surface area contributed by atoms with E-state index in [1.807, 2.05) is 12.1 Å². The molecule has 0 spiro atoms. The second-order valence-corrected chi connectivity index (χ2v) is 10.3. The molecule has 4 saturated heterocycles. The van der Waals surface area contributed by atoms with Crippen molar-refractivity contribution in [1.82, 2.24) is 10.0 Å². The molecule has 2 aromatic carbocycles. The van der Waals surface area contributed by atoms with Gasteiger partial charge >= 0.3 is 0 Å². The van der Waals surface area contributed by atoms with Crippen molar-refractivity contribution in [3.8, 4) is 0 Å². The molecular formula is C30H22N4O6. The van der Waals surface area contributed by atoms with Crippen LogP contribution >= 0.6 is 0 Å². The molecule has 4 amide bonds. The summed E-state index contributed by atoms with van der Waals surface area (Å²) >= 11 is 0. The lowest BCUT2D eigenvalue weighted by Gasteiger charge is -2.34. The van der Waals surface area contributed by atoms with Gasteiger partial charge < -0.3 is 8.83 Å². The quantitative estimate of drug-likeness (QED) is 0.367. The number of benzene rings is 2. The van der Waals surface area contributed by atoms with Gasteiger partial charge in [-0.1, -0.05) is 36.4 Å². The Morgan fingerprint density at radius 2 is 0.850 bits per heavy atom. The van der Waals surface area contributed by atoms with Gasteiger partial charge in [-0.3, -0.25) is 19.2 Å². The highest BCUT2D eigenvalue weighted by Crippen LogP contribution is 2.59. The van der Waals surface area contributed by atoms with E-state index in [9.17, 15) is 19.2 Å². The molecule has 6 atom stereocenters. The van der Waals surface area contributed by atoms with Crippen molar-refractivity contribution in [3.63, 3.8) is 0 Å². The summed E-state index contributed by atoms with van der Waals surface area (Å²) in [5.41, 5.74) is 0.931. The Bertz CT molecular complexity index is 1510. The van der Waals surface area contributed by atoms with Crippen molar-refractivity contribution in [2.75, 3.05) is 9.80 Å². The Kier molecular flexibility index (Phi) is 4.82. The lowest BCUT2D eigenvalue weighted by atomic mass is 9.87. The number of hydrogen-bond acceptors (Lipinski definition) is 8. The molecule has 0 bridgehead atoms. The zero-order chi connectivity index (χ0) is 27.1. The minimum Gasteiger partial charge on any atom is -0.468 e. The minimum absolute atomic E-state index is 0.386. The zero-order valence-electron chi connectivity index (χ0n) is 20.9. The van der Waals surface area contributed by atoms with Gasteiger partial charge in [-0.05, 0) is 48.5 Å². The summed E-state index contributed by atoms with van der Waals surface area (Å²) in [6.45, 7) is 0. The van der Waals surface area contributed by atoms with Gasteiger partial charge in [0.25, 0.3) is 11.8 Å². The second-order valence-electron chi connectivity index (χ2n) is 10.3. The molecule has 4 aliphatic rings. The SMILES string of the molecule is O=C1[C@@H]2[C@@H](C(=O)N1c1ccccc1)N1[C@@H](c3ccco3)[C@@H]3C(=O)N(c4ccccc4)C(=O)[C@@H]3N1[C@@H]2c1ccco1. The Morgan fingerprint density at radius 1 is 0.450 bits per heavy atom. The highest BCUT2D eigenvalue weighted by Gasteiger charge is 2.74. The Hall–Kier alpha value is -4.80. The Labute approximate surface area is 227 Å². The maximum absolute atomic E-state index is 14.1. The van der Waals surface area contributed by atoms with Crippen molar-refractivity contribution in [2.45, 2.75) is 24.2 Å². The number of hydrogen-bond donors (Lipinski definition) is 0.